The molecule has 1 unspecified atom stereocenters. The van der Waals surface area contributed by atoms with E-state index in [0.29, 0.717) is 11.4 Å². The van der Waals surface area contributed by atoms with Gasteiger partial charge in [0.25, 0.3) is 0 Å². The third kappa shape index (κ3) is 4.23. The molecule has 1 aliphatic rings. The highest BCUT2D eigenvalue weighted by Gasteiger charge is 2.29. The Labute approximate surface area is 337 Å². The topological polar surface area (TPSA) is 43.9 Å². The van der Waals surface area contributed by atoms with Gasteiger partial charge in [0.1, 0.15) is 11.1 Å². The molecule has 4 aromatic heterocycles. The van der Waals surface area contributed by atoms with Gasteiger partial charge in [0.15, 0.2) is 17.2 Å². The molecule has 12 aromatic rings. The van der Waals surface area contributed by atoms with Crippen molar-refractivity contribution in [3.8, 4) is 39.5 Å². The maximum Gasteiger partial charge on any atom is 0.197 e. The first-order valence-corrected chi connectivity index (χ1v) is 20.7. The third-order valence-corrected chi connectivity index (χ3v) is 13.7. The molecule has 0 spiro atoms. The number of furan rings is 1. The van der Waals surface area contributed by atoms with E-state index < -0.39 is 0 Å². The first-order valence-electron chi connectivity index (χ1n) is 19.9. The minimum absolute atomic E-state index is 0.131. The molecule has 0 N–H and O–H groups in total. The lowest BCUT2D eigenvalue weighted by atomic mass is 9.83. The Bertz CT molecular complexity index is 3720. The van der Waals surface area contributed by atoms with Crippen molar-refractivity contribution >= 4 is 86.2 Å². The van der Waals surface area contributed by atoms with Gasteiger partial charge in [-0.25, -0.2) is 9.97 Å². The van der Waals surface area contributed by atoms with Gasteiger partial charge >= 0.3 is 0 Å². The molecule has 1 atom stereocenters. The quantitative estimate of drug-likeness (QED) is 0.175. The van der Waals surface area contributed by atoms with E-state index in [-0.39, 0.29) is 5.92 Å². The summed E-state index contributed by atoms with van der Waals surface area (Å²) >= 11 is 1.88. The van der Waals surface area contributed by atoms with Gasteiger partial charge in [-0.3, -0.25) is 4.57 Å². The van der Waals surface area contributed by atoms with Crippen molar-refractivity contribution in [1.82, 2.24) is 14.5 Å². The summed E-state index contributed by atoms with van der Waals surface area (Å²) in [6.07, 6.45) is 0. The first-order chi connectivity index (χ1) is 28.6. The zero-order valence-electron chi connectivity index (χ0n) is 31.7. The normalized spacial score (nSPS) is 12.9. The van der Waals surface area contributed by atoms with E-state index >= 15 is 0 Å². The lowest BCUT2D eigenvalue weighted by Crippen LogP contribution is -2.05. The van der Waals surface area contributed by atoms with Crippen LogP contribution >= 0.6 is 11.3 Å². The average molecular weight is 760 g/mol. The molecule has 272 valence electrons. The van der Waals surface area contributed by atoms with Crippen molar-refractivity contribution in [2.75, 3.05) is 0 Å². The molecule has 0 radical (unpaired) electrons. The second-order valence-electron chi connectivity index (χ2n) is 15.7. The molecule has 5 heteroatoms. The zero-order chi connectivity index (χ0) is 38.2. The molecule has 4 heterocycles. The van der Waals surface area contributed by atoms with Crippen molar-refractivity contribution < 1.29 is 4.42 Å². The molecule has 0 bridgehead atoms. The fourth-order valence-corrected chi connectivity index (χ4v) is 11.1. The van der Waals surface area contributed by atoms with E-state index in [1.165, 1.54) is 75.1 Å². The van der Waals surface area contributed by atoms with Crippen LogP contribution < -0.4 is 0 Å². The van der Waals surface area contributed by atoms with Crippen LogP contribution in [0, 0.1) is 6.92 Å². The van der Waals surface area contributed by atoms with Crippen LogP contribution in [0.25, 0.3) is 114 Å². The monoisotopic (exact) mass is 759 g/mol. The average Bonchev–Trinajstić information content (AvgIpc) is 3.92. The second kappa shape index (κ2) is 11.7. The highest BCUT2D eigenvalue weighted by Crippen LogP contribution is 2.52. The highest BCUT2D eigenvalue weighted by molar-refractivity contribution is 7.26. The predicted molar refractivity (Wildman–Crippen MR) is 243 cm³/mol. The van der Waals surface area contributed by atoms with E-state index in [1.54, 1.807) is 0 Å². The Balaban J connectivity index is 1.19. The largest absolute Gasteiger partial charge is 0.450 e. The molecule has 0 fully saturated rings. The number of rotatable bonds is 5. The van der Waals surface area contributed by atoms with Crippen molar-refractivity contribution in [2.24, 2.45) is 0 Å². The van der Waals surface area contributed by atoms with Crippen molar-refractivity contribution in [3.05, 3.63) is 174 Å². The molecule has 0 saturated heterocycles. The summed E-state index contributed by atoms with van der Waals surface area (Å²) in [4.78, 5) is 11.2. The van der Waals surface area contributed by atoms with E-state index in [2.05, 4.69) is 164 Å². The van der Waals surface area contributed by atoms with Crippen LogP contribution in [0.4, 0.5) is 0 Å². The molecule has 1 aliphatic carbocycles. The van der Waals surface area contributed by atoms with E-state index in [9.17, 15) is 0 Å². The first kappa shape index (κ1) is 32.1. The number of aromatic nitrogens is 3. The van der Waals surface area contributed by atoms with Gasteiger partial charge in [-0.05, 0) is 93.0 Å². The van der Waals surface area contributed by atoms with Crippen LogP contribution in [0.1, 0.15) is 29.5 Å². The van der Waals surface area contributed by atoms with Crippen LogP contribution in [0.5, 0.6) is 0 Å². The van der Waals surface area contributed by atoms with Gasteiger partial charge in [-0.1, -0.05) is 128 Å². The zero-order valence-corrected chi connectivity index (χ0v) is 32.6. The second-order valence-corrected chi connectivity index (χ2v) is 16.8. The number of nitrogens with zero attached hydrogens (tertiary/aromatic N) is 3. The Morgan fingerprint density at radius 2 is 1.24 bits per heavy atom. The maximum absolute atomic E-state index is 6.85. The number of hydrogen-bond donors (Lipinski definition) is 0. The summed E-state index contributed by atoms with van der Waals surface area (Å²) in [5.41, 5.74) is 14.1. The maximum atomic E-state index is 6.85. The number of fused-ring (bicyclic) bond motifs is 4. The Hall–Kier alpha value is -7.08. The highest BCUT2D eigenvalue weighted by atomic mass is 32.1. The summed E-state index contributed by atoms with van der Waals surface area (Å²) in [6, 6.07) is 57.0. The van der Waals surface area contributed by atoms with Crippen LogP contribution in [0.2, 0.25) is 0 Å². The molecule has 8 aromatic carbocycles. The molecule has 0 saturated carbocycles. The smallest absolute Gasteiger partial charge is 0.197 e. The number of hydrogen-bond acceptors (Lipinski definition) is 4. The van der Waals surface area contributed by atoms with Crippen LogP contribution in [-0.2, 0) is 0 Å². The van der Waals surface area contributed by atoms with Gasteiger partial charge in [-0.2, -0.15) is 0 Å². The predicted octanol–water partition coefficient (Wildman–Crippen LogP) is 14.8. The van der Waals surface area contributed by atoms with Crippen molar-refractivity contribution in [2.45, 2.75) is 19.8 Å². The molecule has 0 aliphatic heterocycles. The standard InChI is InChI=1S/C53H33N3OS/c1-29-13-6-7-17-33(29)45-34(30(2)31-14-4-3-5-15-31)19-11-22-38(45)52-54-50-37-18-8-9-23-41(37)57-51(50)53(55-52)56-39-26-25-32-16-10-20-35-36-21-12-24-42-46(36)49-43(58-42)28-27-40(56)48(49)47(39)44(32)35/h3-28,30H,1-2H3. The fraction of sp³-hybridized carbons (Fsp3) is 0.0566. The van der Waals surface area contributed by atoms with Crippen molar-refractivity contribution in [1.29, 1.82) is 0 Å². The molecule has 13 rings (SSSR count). The van der Waals surface area contributed by atoms with E-state index in [0.717, 1.165) is 44.5 Å². The summed E-state index contributed by atoms with van der Waals surface area (Å²) in [6.45, 7) is 4.50. The number of thiophene rings is 1. The summed E-state index contributed by atoms with van der Waals surface area (Å²) in [5.74, 6) is 1.54. The van der Waals surface area contributed by atoms with Gasteiger partial charge in [0.05, 0.1) is 11.0 Å². The lowest BCUT2D eigenvalue weighted by Gasteiger charge is -2.21. The SMILES string of the molecule is Cc1ccccc1-c1c(-c2nc(-n3c4ccc5cccc6c5c4c4c5c(ccc43)sc3cccc-6c35)c3oc4ccccc4c3n2)cccc1C(C)c1ccccc1. The number of aryl methyl sites for hydroxylation is 1. The number of benzene rings is 8. The molecular weight excluding hydrogens is 727 g/mol. The van der Waals surface area contributed by atoms with E-state index in [4.69, 9.17) is 14.4 Å². The minimum Gasteiger partial charge on any atom is -0.450 e. The van der Waals surface area contributed by atoms with Crippen LogP contribution in [0.3, 0.4) is 0 Å². The summed E-state index contributed by atoms with van der Waals surface area (Å²) in [5, 5.41) is 8.67. The van der Waals surface area contributed by atoms with Crippen LogP contribution in [0.15, 0.2) is 162 Å². The third-order valence-electron chi connectivity index (χ3n) is 12.6. The molecular formula is C53H33N3OS. The Morgan fingerprint density at radius 1 is 0.552 bits per heavy atom. The van der Waals surface area contributed by atoms with E-state index in [1.807, 2.05) is 23.5 Å². The Kier molecular flexibility index (Phi) is 6.48. The minimum atomic E-state index is 0.131. The van der Waals surface area contributed by atoms with Gasteiger partial charge < -0.3 is 4.42 Å². The van der Waals surface area contributed by atoms with Crippen LogP contribution in [-0.4, -0.2) is 14.5 Å². The molecule has 58 heavy (non-hydrogen) atoms. The van der Waals surface area contributed by atoms with Gasteiger partial charge in [0, 0.05) is 47.8 Å². The lowest BCUT2D eigenvalue weighted by molar-refractivity contribution is 0.662. The molecule has 0 amide bonds. The summed E-state index contributed by atoms with van der Waals surface area (Å²) in [7, 11) is 0. The van der Waals surface area contributed by atoms with Crippen molar-refractivity contribution in [3.63, 3.8) is 0 Å². The van der Waals surface area contributed by atoms with Gasteiger partial charge in [-0.15, -0.1) is 11.3 Å². The number of para-hydroxylation sites is 1. The van der Waals surface area contributed by atoms with Gasteiger partial charge in [0.2, 0.25) is 0 Å². The summed E-state index contributed by atoms with van der Waals surface area (Å²) < 4.78 is 11.8. The fourth-order valence-electron chi connectivity index (χ4n) is 9.99. The Morgan fingerprint density at radius 3 is 2.12 bits per heavy atom. The molecule has 4 nitrogen and oxygen atoms in total.